The Bertz CT molecular complexity index is 965. The van der Waals surface area contributed by atoms with E-state index in [1.54, 1.807) is 18.6 Å². The molecule has 0 unspecified atom stereocenters. The number of morpholine rings is 1. The molecule has 0 saturated carbocycles. The van der Waals surface area contributed by atoms with E-state index in [-0.39, 0.29) is 5.91 Å². The Balaban J connectivity index is 1.66. The fourth-order valence-electron chi connectivity index (χ4n) is 3.49. The largest absolute Gasteiger partial charge is 0.378 e. The molecule has 0 N–H and O–H groups in total. The van der Waals surface area contributed by atoms with Crippen LogP contribution in [0.3, 0.4) is 0 Å². The molecule has 1 fully saturated rings. The maximum atomic E-state index is 13.2. The number of ether oxygens (including phenoxy) is 1. The lowest BCUT2D eigenvalue weighted by Crippen LogP contribution is -2.41. The molecule has 0 atom stereocenters. The van der Waals surface area contributed by atoms with Gasteiger partial charge in [-0.25, -0.2) is 4.98 Å². The minimum absolute atomic E-state index is 0.0331. The van der Waals surface area contributed by atoms with Gasteiger partial charge in [-0.15, -0.1) is 0 Å². The Labute approximate surface area is 163 Å². The van der Waals surface area contributed by atoms with Gasteiger partial charge < -0.3 is 14.0 Å². The maximum absolute atomic E-state index is 13.2. The van der Waals surface area contributed by atoms with Gasteiger partial charge in [0, 0.05) is 51.0 Å². The van der Waals surface area contributed by atoms with Gasteiger partial charge in [0.25, 0.3) is 5.91 Å². The molecule has 1 aliphatic heterocycles. The summed E-state index contributed by atoms with van der Waals surface area (Å²) >= 11 is 0. The number of rotatable bonds is 5. The summed E-state index contributed by atoms with van der Waals surface area (Å²) in [6.45, 7) is 5.56. The molecule has 3 aromatic heterocycles. The van der Waals surface area contributed by atoms with E-state index in [0.717, 1.165) is 22.6 Å². The first-order chi connectivity index (χ1) is 13.6. The second kappa shape index (κ2) is 8.04. The number of hydrogen-bond acceptors (Lipinski definition) is 6. The summed E-state index contributed by atoms with van der Waals surface area (Å²) in [5, 5.41) is 0. The first-order valence-corrected chi connectivity index (χ1v) is 9.40. The van der Waals surface area contributed by atoms with Gasteiger partial charge in [0.15, 0.2) is 5.69 Å². The Kier molecular flexibility index (Phi) is 5.31. The smallest absolute Gasteiger partial charge is 0.274 e. The number of aryl methyl sites for hydroxylation is 1. The van der Waals surface area contributed by atoms with E-state index in [4.69, 9.17) is 9.72 Å². The predicted octanol–water partition coefficient (Wildman–Crippen LogP) is 1.54. The summed E-state index contributed by atoms with van der Waals surface area (Å²) in [6, 6.07) is 4.00. The predicted molar refractivity (Wildman–Crippen MR) is 104 cm³/mol. The summed E-state index contributed by atoms with van der Waals surface area (Å²) in [5.41, 5.74) is 4.16. The topological polar surface area (TPSA) is 75.9 Å². The average Bonchev–Trinajstić information content (AvgIpc) is 3.08. The summed E-state index contributed by atoms with van der Waals surface area (Å²) in [6.07, 6.45) is 7.08. The Morgan fingerprint density at radius 1 is 1.25 bits per heavy atom. The molecule has 1 amide bonds. The minimum atomic E-state index is -0.0331. The van der Waals surface area contributed by atoms with Crippen LogP contribution in [0.4, 0.5) is 0 Å². The molecular weight excluding hydrogens is 356 g/mol. The lowest BCUT2D eigenvalue weighted by atomic mass is 10.2. The van der Waals surface area contributed by atoms with Crippen LogP contribution >= 0.6 is 0 Å². The first-order valence-electron chi connectivity index (χ1n) is 9.40. The highest BCUT2D eigenvalue weighted by atomic mass is 16.5. The van der Waals surface area contributed by atoms with Crippen molar-refractivity contribution in [3.8, 4) is 0 Å². The van der Waals surface area contributed by atoms with Gasteiger partial charge >= 0.3 is 0 Å². The van der Waals surface area contributed by atoms with Gasteiger partial charge in [0.2, 0.25) is 0 Å². The van der Waals surface area contributed by atoms with E-state index < -0.39 is 0 Å². The molecule has 1 saturated heterocycles. The number of aromatic nitrogens is 4. The summed E-state index contributed by atoms with van der Waals surface area (Å²) < 4.78 is 7.41. The third-order valence-electron chi connectivity index (χ3n) is 4.91. The highest BCUT2D eigenvalue weighted by molar-refractivity contribution is 5.94. The molecule has 1 aliphatic rings. The maximum Gasteiger partial charge on any atom is 0.274 e. The van der Waals surface area contributed by atoms with E-state index in [2.05, 4.69) is 14.9 Å². The molecule has 0 aliphatic carbocycles. The lowest BCUT2D eigenvalue weighted by molar-refractivity contribution is 0.0298. The fourth-order valence-corrected chi connectivity index (χ4v) is 3.49. The standard InChI is InChI=1S/C20H24N6O2/c1-15-4-3-7-26-17(14-24(2)13-16-12-21-5-6-22-16)18(23-19(15)26)20(27)25-8-10-28-11-9-25/h3-7,12H,8-11,13-14H2,1-2H3. The number of imidazole rings is 1. The molecular formula is C20H24N6O2. The van der Waals surface area contributed by atoms with E-state index in [1.807, 2.05) is 41.6 Å². The van der Waals surface area contributed by atoms with Crippen molar-refractivity contribution in [3.05, 3.63) is 59.6 Å². The second-order valence-corrected chi connectivity index (χ2v) is 7.07. The van der Waals surface area contributed by atoms with Gasteiger partial charge in [-0.1, -0.05) is 6.07 Å². The van der Waals surface area contributed by atoms with Crippen LogP contribution in [0, 0.1) is 6.92 Å². The van der Waals surface area contributed by atoms with Crippen LogP contribution in [0.1, 0.15) is 27.4 Å². The third kappa shape index (κ3) is 3.74. The normalized spacial score (nSPS) is 14.8. The quantitative estimate of drug-likeness (QED) is 0.668. The van der Waals surface area contributed by atoms with Crippen LogP contribution in [0.15, 0.2) is 36.9 Å². The molecule has 0 aromatic carbocycles. The number of nitrogens with zero attached hydrogens (tertiary/aromatic N) is 6. The first kappa shape index (κ1) is 18.5. The van der Waals surface area contributed by atoms with Crippen molar-refractivity contribution in [1.82, 2.24) is 29.2 Å². The summed E-state index contributed by atoms with van der Waals surface area (Å²) in [5.74, 6) is -0.0331. The van der Waals surface area contributed by atoms with E-state index >= 15 is 0 Å². The van der Waals surface area contributed by atoms with Gasteiger partial charge in [0.05, 0.1) is 24.6 Å². The van der Waals surface area contributed by atoms with Crippen LogP contribution in [-0.2, 0) is 17.8 Å². The number of carbonyl (C=O) groups is 1. The van der Waals surface area contributed by atoms with Crippen molar-refractivity contribution < 1.29 is 9.53 Å². The van der Waals surface area contributed by atoms with Crippen LogP contribution in [0.5, 0.6) is 0 Å². The Morgan fingerprint density at radius 3 is 2.82 bits per heavy atom. The zero-order valence-corrected chi connectivity index (χ0v) is 16.2. The number of carbonyl (C=O) groups excluding carboxylic acids is 1. The third-order valence-corrected chi connectivity index (χ3v) is 4.91. The van der Waals surface area contributed by atoms with Gasteiger partial charge in [0.1, 0.15) is 5.65 Å². The summed E-state index contributed by atoms with van der Waals surface area (Å²) in [7, 11) is 2.01. The fraction of sp³-hybridized carbons (Fsp3) is 0.400. The molecule has 4 heterocycles. The van der Waals surface area contributed by atoms with Crippen molar-refractivity contribution in [2.75, 3.05) is 33.4 Å². The SMILES string of the molecule is Cc1cccn2c(CN(C)Cc3cnccn3)c(C(=O)N3CCOCC3)nc12. The molecule has 4 rings (SSSR count). The molecule has 0 spiro atoms. The number of amides is 1. The highest BCUT2D eigenvalue weighted by Crippen LogP contribution is 2.20. The molecule has 28 heavy (non-hydrogen) atoms. The van der Waals surface area contributed by atoms with Crippen molar-refractivity contribution in [1.29, 1.82) is 0 Å². The molecule has 8 nitrogen and oxygen atoms in total. The minimum Gasteiger partial charge on any atom is -0.378 e. The number of fused-ring (bicyclic) bond motifs is 1. The molecule has 0 radical (unpaired) electrons. The van der Waals surface area contributed by atoms with Gasteiger partial charge in [-0.3, -0.25) is 19.7 Å². The van der Waals surface area contributed by atoms with Crippen molar-refractivity contribution in [2.24, 2.45) is 0 Å². The number of hydrogen-bond donors (Lipinski definition) is 0. The van der Waals surface area contributed by atoms with Crippen molar-refractivity contribution in [3.63, 3.8) is 0 Å². The van der Waals surface area contributed by atoms with E-state index in [0.29, 0.717) is 45.1 Å². The van der Waals surface area contributed by atoms with E-state index in [9.17, 15) is 4.79 Å². The molecule has 8 heteroatoms. The zero-order chi connectivity index (χ0) is 19.5. The Hall–Kier alpha value is -2.84. The molecule has 3 aromatic rings. The van der Waals surface area contributed by atoms with Crippen molar-refractivity contribution in [2.45, 2.75) is 20.0 Å². The second-order valence-electron chi connectivity index (χ2n) is 7.07. The number of pyridine rings is 1. The van der Waals surface area contributed by atoms with Crippen LogP contribution in [-0.4, -0.2) is 68.4 Å². The zero-order valence-electron chi connectivity index (χ0n) is 16.2. The Morgan fingerprint density at radius 2 is 2.07 bits per heavy atom. The monoisotopic (exact) mass is 380 g/mol. The van der Waals surface area contributed by atoms with Crippen LogP contribution < -0.4 is 0 Å². The van der Waals surface area contributed by atoms with Crippen LogP contribution in [0.25, 0.3) is 5.65 Å². The van der Waals surface area contributed by atoms with Gasteiger partial charge in [-0.2, -0.15) is 0 Å². The molecule has 0 bridgehead atoms. The lowest BCUT2D eigenvalue weighted by Gasteiger charge is -2.26. The highest BCUT2D eigenvalue weighted by Gasteiger charge is 2.26. The average molecular weight is 380 g/mol. The molecule has 146 valence electrons. The van der Waals surface area contributed by atoms with Crippen molar-refractivity contribution >= 4 is 11.6 Å². The van der Waals surface area contributed by atoms with E-state index in [1.165, 1.54) is 0 Å². The van der Waals surface area contributed by atoms with Gasteiger partial charge in [-0.05, 0) is 25.6 Å². The summed E-state index contributed by atoms with van der Waals surface area (Å²) in [4.78, 5) is 30.3. The van der Waals surface area contributed by atoms with Crippen LogP contribution in [0.2, 0.25) is 0 Å².